The van der Waals surface area contributed by atoms with Crippen molar-refractivity contribution in [2.24, 2.45) is 11.7 Å². The van der Waals surface area contributed by atoms with E-state index in [1.54, 1.807) is 0 Å². The first kappa shape index (κ1) is 12.4. The molecule has 0 radical (unpaired) electrons. The van der Waals surface area contributed by atoms with Crippen molar-refractivity contribution in [2.45, 2.75) is 44.1 Å². The summed E-state index contributed by atoms with van der Waals surface area (Å²) in [6, 6.07) is 0. The van der Waals surface area contributed by atoms with Crippen LogP contribution in [0.2, 0.25) is 0 Å². The summed E-state index contributed by atoms with van der Waals surface area (Å²) in [4.78, 5) is 0. The quantitative estimate of drug-likeness (QED) is 0.270. The molecule has 12 heavy (non-hydrogen) atoms. The average Bonchev–Trinajstić information content (AvgIpc) is 1.97. The third-order valence-corrected chi connectivity index (χ3v) is 2.68. The van der Waals surface area contributed by atoms with Gasteiger partial charge in [-0.1, -0.05) is 48.1 Å². The van der Waals surface area contributed by atoms with E-state index in [0.29, 0.717) is 9.97 Å². The van der Waals surface area contributed by atoms with Crippen molar-refractivity contribution >= 4 is 22.6 Å². The zero-order valence-electron chi connectivity index (χ0n) is 8.31. The first-order chi connectivity index (χ1) is 5.54. The van der Waals surface area contributed by atoms with Crippen molar-refractivity contribution < 1.29 is 0 Å². The topological polar surface area (TPSA) is 26.0 Å². The van der Waals surface area contributed by atoms with Crippen LogP contribution in [0.4, 0.5) is 0 Å². The van der Waals surface area contributed by atoms with E-state index in [-0.39, 0.29) is 0 Å². The van der Waals surface area contributed by atoms with Gasteiger partial charge in [0.2, 0.25) is 0 Å². The SMILES string of the molecule is C/C(=C/CCCC(N)I)C(C)C. The summed E-state index contributed by atoms with van der Waals surface area (Å²) < 4.78 is 0.329. The molecule has 0 aromatic heterocycles. The van der Waals surface area contributed by atoms with E-state index in [9.17, 15) is 0 Å². The van der Waals surface area contributed by atoms with Gasteiger partial charge in [0.05, 0.1) is 4.05 Å². The van der Waals surface area contributed by atoms with Crippen LogP contribution in [-0.4, -0.2) is 4.05 Å². The second-order valence-corrected chi connectivity index (χ2v) is 5.15. The van der Waals surface area contributed by atoms with Crippen molar-refractivity contribution in [2.75, 3.05) is 0 Å². The van der Waals surface area contributed by atoms with Crippen LogP contribution in [0.3, 0.4) is 0 Å². The Hall–Kier alpha value is 0.430. The summed E-state index contributed by atoms with van der Waals surface area (Å²) >= 11 is 2.27. The van der Waals surface area contributed by atoms with E-state index in [0.717, 1.165) is 6.42 Å². The predicted octanol–water partition coefficient (Wildman–Crippen LogP) is 3.48. The highest BCUT2D eigenvalue weighted by Crippen LogP contribution is 2.11. The highest BCUT2D eigenvalue weighted by atomic mass is 127. The van der Waals surface area contributed by atoms with Crippen LogP contribution in [0, 0.1) is 5.92 Å². The van der Waals surface area contributed by atoms with Gasteiger partial charge in [-0.05, 0) is 32.1 Å². The molecule has 1 unspecified atom stereocenters. The lowest BCUT2D eigenvalue weighted by atomic mass is 10.0. The van der Waals surface area contributed by atoms with E-state index in [4.69, 9.17) is 5.73 Å². The van der Waals surface area contributed by atoms with Gasteiger partial charge < -0.3 is 5.73 Å². The second-order valence-electron chi connectivity index (χ2n) is 3.55. The minimum atomic E-state index is 0.329. The molecular formula is C10H20IN. The van der Waals surface area contributed by atoms with E-state index in [2.05, 4.69) is 49.4 Å². The second kappa shape index (κ2) is 6.89. The first-order valence-electron chi connectivity index (χ1n) is 4.60. The van der Waals surface area contributed by atoms with Gasteiger partial charge in [0.25, 0.3) is 0 Å². The van der Waals surface area contributed by atoms with Crippen LogP contribution < -0.4 is 5.73 Å². The maximum atomic E-state index is 5.64. The zero-order chi connectivity index (χ0) is 9.56. The first-order valence-corrected chi connectivity index (χ1v) is 5.85. The zero-order valence-corrected chi connectivity index (χ0v) is 10.5. The van der Waals surface area contributed by atoms with Crippen LogP contribution in [0.15, 0.2) is 11.6 Å². The van der Waals surface area contributed by atoms with E-state index in [1.165, 1.54) is 18.4 Å². The van der Waals surface area contributed by atoms with Gasteiger partial charge in [-0.3, -0.25) is 0 Å². The molecule has 1 nitrogen and oxygen atoms in total. The summed E-state index contributed by atoms with van der Waals surface area (Å²) in [7, 11) is 0. The van der Waals surface area contributed by atoms with Crippen molar-refractivity contribution in [1.82, 2.24) is 0 Å². The van der Waals surface area contributed by atoms with Gasteiger partial charge in [0.1, 0.15) is 0 Å². The van der Waals surface area contributed by atoms with Gasteiger partial charge in [0.15, 0.2) is 0 Å². The summed E-state index contributed by atoms with van der Waals surface area (Å²) in [5, 5.41) is 0. The molecule has 0 heterocycles. The molecule has 0 aromatic carbocycles. The lowest BCUT2D eigenvalue weighted by Crippen LogP contribution is -2.09. The fourth-order valence-corrected chi connectivity index (χ4v) is 1.32. The van der Waals surface area contributed by atoms with Crippen molar-refractivity contribution in [1.29, 1.82) is 0 Å². The Bertz CT molecular complexity index is 139. The molecule has 0 aliphatic carbocycles. The fourth-order valence-electron chi connectivity index (χ4n) is 0.878. The van der Waals surface area contributed by atoms with Crippen LogP contribution in [0.1, 0.15) is 40.0 Å². The standard InChI is InChI=1S/C10H20IN/c1-8(2)9(3)6-4-5-7-10(11)12/h6,8,10H,4-5,7,12H2,1-3H3/b9-6-. The highest BCUT2D eigenvalue weighted by Gasteiger charge is 1.96. The Kier molecular flexibility index (Phi) is 7.14. The Morgan fingerprint density at radius 2 is 2.08 bits per heavy atom. The molecule has 0 aromatic rings. The average molecular weight is 281 g/mol. The van der Waals surface area contributed by atoms with Gasteiger partial charge >= 0.3 is 0 Å². The van der Waals surface area contributed by atoms with Crippen molar-refractivity contribution in [3.05, 3.63) is 11.6 Å². The molecule has 0 saturated carbocycles. The summed E-state index contributed by atoms with van der Waals surface area (Å²) in [6.45, 7) is 6.67. The fraction of sp³-hybridized carbons (Fsp3) is 0.800. The van der Waals surface area contributed by atoms with Crippen LogP contribution in [0.25, 0.3) is 0 Å². The Morgan fingerprint density at radius 3 is 2.50 bits per heavy atom. The van der Waals surface area contributed by atoms with Crippen molar-refractivity contribution in [3.63, 3.8) is 0 Å². The molecule has 0 fully saturated rings. The smallest absolute Gasteiger partial charge is 0.0568 e. The summed E-state index contributed by atoms with van der Waals surface area (Å²) in [5.41, 5.74) is 7.13. The Balaban J connectivity index is 3.47. The van der Waals surface area contributed by atoms with Crippen LogP contribution in [-0.2, 0) is 0 Å². The van der Waals surface area contributed by atoms with Gasteiger partial charge in [-0.15, -0.1) is 0 Å². The summed E-state index contributed by atoms with van der Waals surface area (Å²) in [6.07, 6.45) is 5.86. The van der Waals surface area contributed by atoms with Gasteiger partial charge in [-0.2, -0.15) is 0 Å². The third kappa shape index (κ3) is 7.10. The highest BCUT2D eigenvalue weighted by molar-refractivity contribution is 14.1. The minimum Gasteiger partial charge on any atom is -0.320 e. The lowest BCUT2D eigenvalue weighted by molar-refractivity contribution is 0.719. The Labute approximate surface area is 89.9 Å². The number of hydrogen-bond donors (Lipinski definition) is 1. The number of unbranched alkanes of at least 4 members (excludes halogenated alkanes) is 1. The molecule has 0 spiro atoms. The lowest BCUT2D eigenvalue weighted by Gasteiger charge is -2.05. The third-order valence-electron chi connectivity index (χ3n) is 2.06. The molecule has 0 aliphatic rings. The van der Waals surface area contributed by atoms with E-state index in [1.807, 2.05) is 0 Å². The number of allylic oxidation sites excluding steroid dienone is 2. The van der Waals surface area contributed by atoms with Crippen LogP contribution >= 0.6 is 22.6 Å². The molecule has 2 N–H and O–H groups in total. The molecule has 0 aliphatic heterocycles. The van der Waals surface area contributed by atoms with Gasteiger partial charge in [0, 0.05) is 0 Å². The van der Waals surface area contributed by atoms with Gasteiger partial charge in [-0.25, -0.2) is 0 Å². The number of hydrogen-bond acceptors (Lipinski definition) is 1. The molecule has 72 valence electrons. The van der Waals surface area contributed by atoms with Crippen molar-refractivity contribution in [3.8, 4) is 0 Å². The molecule has 0 amide bonds. The summed E-state index contributed by atoms with van der Waals surface area (Å²) in [5.74, 6) is 0.693. The van der Waals surface area contributed by atoms with E-state index < -0.39 is 0 Å². The van der Waals surface area contributed by atoms with Crippen LogP contribution in [0.5, 0.6) is 0 Å². The monoisotopic (exact) mass is 281 g/mol. The molecule has 0 bridgehead atoms. The molecule has 0 saturated heterocycles. The number of rotatable bonds is 5. The predicted molar refractivity (Wildman–Crippen MR) is 64.4 cm³/mol. The molecule has 1 atom stereocenters. The number of halogens is 1. The maximum absolute atomic E-state index is 5.64. The maximum Gasteiger partial charge on any atom is 0.0568 e. The minimum absolute atomic E-state index is 0.329. The molecule has 0 rings (SSSR count). The number of alkyl halides is 1. The Morgan fingerprint density at radius 1 is 1.50 bits per heavy atom. The number of nitrogens with two attached hydrogens (primary N) is 1. The largest absolute Gasteiger partial charge is 0.320 e. The molecular weight excluding hydrogens is 261 g/mol. The normalized spacial score (nSPS) is 15.3. The van der Waals surface area contributed by atoms with E-state index >= 15 is 0 Å². The molecule has 2 heteroatoms.